The maximum Gasteiger partial charge on any atom is 0.146 e. The maximum absolute atomic E-state index is 6.21. The van der Waals surface area contributed by atoms with Crippen molar-refractivity contribution in [3.05, 3.63) is 89.5 Å². The second-order valence-corrected chi connectivity index (χ2v) is 7.95. The molecule has 4 aromatic rings. The van der Waals surface area contributed by atoms with Gasteiger partial charge in [-0.3, -0.25) is 0 Å². The Morgan fingerprint density at radius 3 is 2.41 bits per heavy atom. The molecular formula is C27H26N2O3. The van der Waals surface area contributed by atoms with Crippen molar-refractivity contribution >= 4 is 16.7 Å². The van der Waals surface area contributed by atoms with Gasteiger partial charge in [-0.15, -0.1) is 0 Å². The topological polar surface area (TPSA) is 43.8 Å². The van der Waals surface area contributed by atoms with Gasteiger partial charge in [0, 0.05) is 24.5 Å². The molecule has 1 aromatic heterocycles. The van der Waals surface area contributed by atoms with Crippen LogP contribution in [-0.2, 0) is 19.6 Å². The second-order valence-electron chi connectivity index (χ2n) is 7.95. The first-order chi connectivity index (χ1) is 15.7. The summed E-state index contributed by atoms with van der Waals surface area (Å²) in [7, 11) is 3.29. The number of hydrogen-bond acceptors (Lipinski definition) is 5. The second kappa shape index (κ2) is 8.79. The molecule has 0 radical (unpaired) electrons. The van der Waals surface area contributed by atoms with Crippen LogP contribution < -0.4 is 19.1 Å². The van der Waals surface area contributed by atoms with E-state index in [0.29, 0.717) is 6.61 Å². The van der Waals surface area contributed by atoms with Crippen LogP contribution in [0.5, 0.6) is 17.2 Å². The van der Waals surface area contributed by atoms with Crippen LogP contribution in [0.4, 0.5) is 5.82 Å². The number of hydrogen-bond donors (Lipinski definition) is 0. The number of ether oxygens (including phenoxy) is 3. The van der Waals surface area contributed by atoms with E-state index >= 15 is 0 Å². The lowest BCUT2D eigenvalue weighted by molar-refractivity contribution is 0.307. The quantitative estimate of drug-likeness (QED) is 0.413. The van der Waals surface area contributed by atoms with E-state index in [1.54, 1.807) is 14.2 Å². The van der Waals surface area contributed by atoms with E-state index < -0.39 is 0 Å². The molecule has 1 aliphatic heterocycles. The van der Waals surface area contributed by atoms with E-state index in [2.05, 4.69) is 47.4 Å². The van der Waals surface area contributed by atoms with E-state index in [4.69, 9.17) is 19.2 Å². The molecule has 0 N–H and O–H groups in total. The Morgan fingerprint density at radius 2 is 1.62 bits per heavy atom. The summed E-state index contributed by atoms with van der Waals surface area (Å²) in [6, 6.07) is 24.7. The third-order valence-corrected chi connectivity index (χ3v) is 5.93. The Kier molecular flexibility index (Phi) is 5.55. The highest BCUT2D eigenvalue weighted by Gasteiger charge is 2.18. The number of benzene rings is 3. The van der Waals surface area contributed by atoms with Crippen LogP contribution in [0.25, 0.3) is 10.9 Å². The van der Waals surface area contributed by atoms with Gasteiger partial charge in [0.15, 0.2) is 0 Å². The minimum Gasteiger partial charge on any atom is -0.497 e. The molecule has 0 unspecified atom stereocenters. The molecule has 2 heterocycles. The van der Waals surface area contributed by atoms with Gasteiger partial charge < -0.3 is 19.1 Å². The van der Waals surface area contributed by atoms with Crippen LogP contribution in [0.15, 0.2) is 72.8 Å². The van der Waals surface area contributed by atoms with E-state index in [9.17, 15) is 0 Å². The molecule has 0 bridgehead atoms. The number of pyridine rings is 1. The Hall–Kier alpha value is -3.73. The molecule has 0 saturated carbocycles. The molecule has 0 spiro atoms. The minimum absolute atomic E-state index is 0.398. The third kappa shape index (κ3) is 4.06. The molecule has 3 aromatic carbocycles. The summed E-state index contributed by atoms with van der Waals surface area (Å²) < 4.78 is 17.0. The van der Waals surface area contributed by atoms with Crippen LogP contribution in [0.2, 0.25) is 0 Å². The molecule has 5 heteroatoms. The van der Waals surface area contributed by atoms with Crippen LogP contribution in [-0.4, -0.2) is 25.7 Å². The zero-order valence-corrected chi connectivity index (χ0v) is 18.4. The van der Waals surface area contributed by atoms with Gasteiger partial charge in [-0.05, 0) is 53.4 Å². The summed E-state index contributed by atoms with van der Waals surface area (Å²) in [5, 5.41) is 1.06. The predicted octanol–water partition coefficient (Wildman–Crippen LogP) is 5.39. The van der Waals surface area contributed by atoms with Crippen molar-refractivity contribution in [2.75, 3.05) is 25.7 Å². The van der Waals surface area contributed by atoms with Crippen LogP contribution >= 0.6 is 0 Å². The van der Waals surface area contributed by atoms with Gasteiger partial charge in [0.2, 0.25) is 0 Å². The molecule has 0 aliphatic carbocycles. The summed E-state index contributed by atoms with van der Waals surface area (Å²) in [5.41, 5.74) is 4.65. The molecule has 0 saturated heterocycles. The summed E-state index contributed by atoms with van der Waals surface area (Å²) in [4.78, 5) is 7.34. The van der Waals surface area contributed by atoms with Gasteiger partial charge >= 0.3 is 0 Å². The molecule has 162 valence electrons. The van der Waals surface area contributed by atoms with E-state index in [1.165, 1.54) is 11.1 Å². The van der Waals surface area contributed by atoms with Gasteiger partial charge in [-0.25, -0.2) is 4.98 Å². The molecule has 5 rings (SSSR count). The first-order valence-corrected chi connectivity index (χ1v) is 10.8. The summed E-state index contributed by atoms with van der Waals surface area (Å²) in [6.07, 6.45) is 1.03. The molecule has 5 nitrogen and oxygen atoms in total. The zero-order chi connectivity index (χ0) is 21.9. The highest BCUT2D eigenvalue weighted by molar-refractivity contribution is 5.86. The van der Waals surface area contributed by atoms with Crippen molar-refractivity contribution in [1.29, 1.82) is 0 Å². The normalized spacial score (nSPS) is 13.0. The molecule has 32 heavy (non-hydrogen) atoms. The minimum atomic E-state index is 0.398. The monoisotopic (exact) mass is 426 g/mol. The summed E-state index contributed by atoms with van der Waals surface area (Å²) in [6.45, 7) is 2.24. The fourth-order valence-electron chi connectivity index (χ4n) is 4.20. The van der Waals surface area contributed by atoms with Crippen molar-refractivity contribution in [2.45, 2.75) is 19.6 Å². The highest BCUT2D eigenvalue weighted by Crippen LogP contribution is 2.30. The zero-order valence-electron chi connectivity index (χ0n) is 18.4. The average Bonchev–Trinajstić information content (AvgIpc) is 2.86. The van der Waals surface area contributed by atoms with Crippen molar-refractivity contribution < 1.29 is 14.2 Å². The van der Waals surface area contributed by atoms with Gasteiger partial charge in [0.1, 0.15) is 35.2 Å². The van der Waals surface area contributed by atoms with E-state index in [0.717, 1.165) is 59.0 Å². The Balaban J connectivity index is 1.41. The van der Waals surface area contributed by atoms with Gasteiger partial charge in [-0.1, -0.05) is 36.4 Å². The molecular weight excluding hydrogens is 400 g/mol. The number of nitrogens with zero attached hydrogens (tertiary/aromatic N) is 2. The van der Waals surface area contributed by atoms with Crippen molar-refractivity contribution in [3.63, 3.8) is 0 Å². The van der Waals surface area contributed by atoms with E-state index in [1.807, 2.05) is 30.3 Å². The van der Waals surface area contributed by atoms with Crippen LogP contribution in [0, 0.1) is 0 Å². The Morgan fingerprint density at radius 1 is 0.844 bits per heavy atom. The average molecular weight is 427 g/mol. The Labute approximate surface area is 188 Å². The standard InChI is InChI=1S/C27H26N2O3/c1-30-23-14-19(15-24(16-23)31-2)18-32-25-9-5-8-21-10-11-26(28-27(21)25)29-13-12-20-6-3-4-7-22(20)17-29/h3-11,14-16H,12-13,17-18H2,1-2H3. The van der Waals surface area contributed by atoms with Crippen molar-refractivity contribution in [1.82, 2.24) is 4.98 Å². The van der Waals surface area contributed by atoms with Crippen LogP contribution in [0.3, 0.4) is 0 Å². The van der Waals surface area contributed by atoms with E-state index in [-0.39, 0.29) is 0 Å². The third-order valence-electron chi connectivity index (χ3n) is 5.93. The lowest BCUT2D eigenvalue weighted by atomic mass is 10.00. The Bertz CT molecular complexity index is 1230. The largest absolute Gasteiger partial charge is 0.497 e. The molecule has 1 aliphatic rings. The van der Waals surface area contributed by atoms with Gasteiger partial charge in [0.05, 0.1) is 14.2 Å². The maximum atomic E-state index is 6.21. The number of anilines is 1. The van der Waals surface area contributed by atoms with Crippen LogP contribution in [0.1, 0.15) is 16.7 Å². The SMILES string of the molecule is COc1cc(COc2cccc3ccc(N4CCc5ccccc5C4)nc23)cc(OC)c1. The van der Waals surface area contributed by atoms with Gasteiger partial charge in [-0.2, -0.15) is 0 Å². The highest BCUT2D eigenvalue weighted by atomic mass is 16.5. The fraction of sp³-hybridized carbons (Fsp3) is 0.222. The fourth-order valence-corrected chi connectivity index (χ4v) is 4.20. The number of rotatable bonds is 6. The van der Waals surface area contributed by atoms with Gasteiger partial charge in [0.25, 0.3) is 0 Å². The first kappa shape index (κ1) is 20.2. The number of para-hydroxylation sites is 1. The summed E-state index contributed by atoms with van der Waals surface area (Å²) >= 11 is 0. The molecule has 0 amide bonds. The first-order valence-electron chi connectivity index (χ1n) is 10.8. The van der Waals surface area contributed by atoms with Crippen molar-refractivity contribution in [2.24, 2.45) is 0 Å². The number of fused-ring (bicyclic) bond motifs is 2. The predicted molar refractivity (Wildman–Crippen MR) is 127 cm³/mol. The smallest absolute Gasteiger partial charge is 0.146 e. The number of methoxy groups -OCH3 is 2. The lowest BCUT2D eigenvalue weighted by Gasteiger charge is -2.30. The molecule has 0 atom stereocenters. The molecule has 0 fully saturated rings. The summed E-state index contributed by atoms with van der Waals surface area (Å²) in [5.74, 6) is 3.23. The number of aromatic nitrogens is 1. The van der Waals surface area contributed by atoms with Crippen molar-refractivity contribution in [3.8, 4) is 17.2 Å². The lowest BCUT2D eigenvalue weighted by Crippen LogP contribution is -2.30.